The second-order valence-corrected chi connectivity index (χ2v) is 4.87. The van der Waals surface area contributed by atoms with Gasteiger partial charge in [-0.15, -0.1) is 0 Å². The Bertz CT molecular complexity index is 160. The van der Waals surface area contributed by atoms with Crippen LogP contribution in [0.1, 0.15) is 45.4 Å². The van der Waals surface area contributed by atoms with Crippen molar-refractivity contribution in [3.05, 3.63) is 0 Å². The van der Waals surface area contributed by atoms with Gasteiger partial charge >= 0.3 is 0 Å². The summed E-state index contributed by atoms with van der Waals surface area (Å²) in [5.41, 5.74) is 0. The van der Waals surface area contributed by atoms with Crippen LogP contribution in [0, 0.1) is 0 Å². The third kappa shape index (κ3) is 2.96. The topological polar surface area (TPSA) is 15.3 Å². The Morgan fingerprint density at radius 1 is 1.29 bits per heavy atom. The van der Waals surface area contributed by atoms with Crippen LogP contribution in [-0.4, -0.2) is 36.6 Å². The largest absolute Gasteiger partial charge is 0.313 e. The summed E-state index contributed by atoms with van der Waals surface area (Å²) in [6, 6.07) is 1.75. The molecule has 2 aliphatic rings. The van der Waals surface area contributed by atoms with Crippen molar-refractivity contribution < 1.29 is 0 Å². The highest BCUT2D eigenvalue weighted by Gasteiger charge is 2.30. The molecule has 0 aromatic rings. The van der Waals surface area contributed by atoms with Gasteiger partial charge in [-0.2, -0.15) is 0 Å². The van der Waals surface area contributed by atoms with Gasteiger partial charge in [0.1, 0.15) is 0 Å². The number of nitrogens with one attached hydrogen (secondary N) is 1. The average molecular weight is 196 g/mol. The Balaban J connectivity index is 1.71. The molecule has 0 aromatic carbocycles. The third-order valence-electron chi connectivity index (χ3n) is 3.48. The highest BCUT2D eigenvalue weighted by molar-refractivity contribution is 4.88. The van der Waals surface area contributed by atoms with Crippen molar-refractivity contribution in [2.24, 2.45) is 0 Å². The molecule has 0 bridgehead atoms. The Morgan fingerprint density at radius 3 is 2.71 bits per heavy atom. The average Bonchev–Trinajstić information content (AvgIpc) is 2.92. The summed E-state index contributed by atoms with van der Waals surface area (Å²) >= 11 is 0. The summed E-state index contributed by atoms with van der Waals surface area (Å²) in [4.78, 5) is 2.73. The Hall–Kier alpha value is -0.0800. The first-order chi connectivity index (χ1) is 6.90. The van der Waals surface area contributed by atoms with Crippen molar-refractivity contribution in [2.45, 2.75) is 57.5 Å². The van der Waals surface area contributed by atoms with Crippen molar-refractivity contribution in [3.8, 4) is 0 Å². The summed E-state index contributed by atoms with van der Waals surface area (Å²) < 4.78 is 0. The van der Waals surface area contributed by atoms with E-state index >= 15 is 0 Å². The molecule has 1 atom stereocenters. The first-order valence-corrected chi connectivity index (χ1v) is 6.37. The SMILES string of the molecule is CCCCN(C[C@H]1CCCN1)C1CC1. The van der Waals surface area contributed by atoms with Gasteiger partial charge in [0, 0.05) is 18.6 Å². The van der Waals surface area contributed by atoms with Crippen molar-refractivity contribution in [1.82, 2.24) is 10.2 Å². The highest BCUT2D eigenvalue weighted by atomic mass is 15.2. The Kier molecular flexibility index (Phi) is 3.82. The zero-order valence-corrected chi connectivity index (χ0v) is 9.47. The summed E-state index contributed by atoms with van der Waals surface area (Å²) in [6.07, 6.45) is 8.41. The van der Waals surface area contributed by atoms with Crippen LogP contribution in [0.5, 0.6) is 0 Å². The molecular weight excluding hydrogens is 172 g/mol. The number of hydrogen-bond acceptors (Lipinski definition) is 2. The zero-order valence-electron chi connectivity index (χ0n) is 9.47. The Labute approximate surface area is 88.1 Å². The first kappa shape index (κ1) is 10.4. The molecule has 2 fully saturated rings. The van der Waals surface area contributed by atoms with Gasteiger partial charge in [0.15, 0.2) is 0 Å². The summed E-state index contributed by atoms with van der Waals surface area (Å²) in [5.74, 6) is 0. The van der Waals surface area contributed by atoms with Gasteiger partial charge in [-0.05, 0) is 45.2 Å². The minimum atomic E-state index is 0.799. The van der Waals surface area contributed by atoms with Crippen LogP contribution in [0.3, 0.4) is 0 Å². The minimum Gasteiger partial charge on any atom is -0.313 e. The molecule has 0 amide bonds. The van der Waals surface area contributed by atoms with Gasteiger partial charge in [0.05, 0.1) is 0 Å². The van der Waals surface area contributed by atoms with Crippen molar-refractivity contribution >= 4 is 0 Å². The number of hydrogen-bond donors (Lipinski definition) is 1. The molecule has 82 valence electrons. The van der Waals surface area contributed by atoms with E-state index in [1.807, 2.05) is 0 Å². The smallest absolute Gasteiger partial charge is 0.0195 e. The fourth-order valence-electron chi connectivity index (χ4n) is 2.42. The highest BCUT2D eigenvalue weighted by Crippen LogP contribution is 2.27. The van der Waals surface area contributed by atoms with Crippen LogP contribution < -0.4 is 5.32 Å². The van der Waals surface area contributed by atoms with Crippen molar-refractivity contribution in [2.75, 3.05) is 19.6 Å². The molecule has 0 unspecified atom stereocenters. The van der Waals surface area contributed by atoms with Gasteiger partial charge < -0.3 is 5.32 Å². The molecule has 1 saturated heterocycles. The lowest BCUT2D eigenvalue weighted by Crippen LogP contribution is -2.39. The molecule has 14 heavy (non-hydrogen) atoms. The molecule has 0 aromatic heterocycles. The van der Waals surface area contributed by atoms with E-state index in [0.29, 0.717) is 0 Å². The van der Waals surface area contributed by atoms with Gasteiger partial charge in [-0.3, -0.25) is 4.90 Å². The third-order valence-corrected chi connectivity index (χ3v) is 3.48. The first-order valence-electron chi connectivity index (χ1n) is 6.37. The molecule has 0 radical (unpaired) electrons. The van der Waals surface area contributed by atoms with Crippen LogP contribution in [0.2, 0.25) is 0 Å². The predicted molar refractivity (Wildman–Crippen MR) is 60.5 cm³/mol. The minimum absolute atomic E-state index is 0.799. The fourth-order valence-corrected chi connectivity index (χ4v) is 2.42. The van der Waals surface area contributed by atoms with Crippen molar-refractivity contribution in [1.29, 1.82) is 0 Å². The fraction of sp³-hybridized carbons (Fsp3) is 1.00. The molecule has 1 saturated carbocycles. The molecule has 1 heterocycles. The van der Waals surface area contributed by atoms with Crippen LogP contribution in [0.25, 0.3) is 0 Å². The van der Waals surface area contributed by atoms with Crippen LogP contribution in [-0.2, 0) is 0 Å². The molecule has 2 heteroatoms. The van der Waals surface area contributed by atoms with Gasteiger partial charge in [0.2, 0.25) is 0 Å². The quantitative estimate of drug-likeness (QED) is 0.699. The van der Waals surface area contributed by atoms with Gasteiger partial charge in [-0.25, -0.2) is 0 Å². The summed E-state index contributed by atoms with van der Waals surface area (Å²) in [5, 5.41) is 3.60. The predicted octanol–water partition coefficient (Wildman–Crippen LogP) is 2.00. The van der Waals surface area contributed by atoms with E-state index in [2.05, 4.69) is 17.1 Å². The number of unbranched alkanes of at least 4 members (excludes halogenated alkanes) is 1. The van der Waals surface area contributed by atoms with Crippen LogP contribution >= 0.6 is 0 Å². The molecular formula is C12H24N2. The van der Waals surface area contributed by atoms with E-state index in [4.69, 9.17) is 0 Å². The molecule has 1 aliphatic heterocycles. The molecule has 1 N–H and O–H groups in total. The number of rotatable bonds is 6. The maximum absolute atomic E-state index is 3.60. The maximum atomic E-state index is 3.60. The molecule has 2 nitrogen and oxygen atoms in total. The van der Waals surface area contributed by atoms with Crippen LogP contribution in [0.4, 0.5) is 0 Å². The van der Waals surface area contributed by atoms with E-state index in [1.165, 1.54) is 58.2 Å². The lowest BCUT2D eigenvalue weighted by molar-refractivity contribution is 0.236. The second-order valence-electron chi connectivity index (χ2n) is 4.87. The van der Waals surface area contributed by atoms with Gasteiger partial charge in [-0.1, -0.05) is 13.3 Å². The molecule has 1 aliphatic carbocycles. The monoisotopic (exact) mass is 196 g/mol. The Morgan fingerprint density at radius 2 is 2.14 bits per heavy atom. The van der Waals surface area contributed by atoms with E-state index in [-0.39, 0.29) is 0 Å². The lowest BCUT2D eigenvalue weighted by atomic mass is 10.2. The second kappa shape index (κ2) is 5.13. The van der Waals surface area contributed by atoms with E-state index in [1.54, 1.807) is 0 Å². The number of nitrogens with zero attached hydrogens (tertiary/aromatic N) is 1. The molecule has 2 rings (SSSR count). The molecule has 0 spiro atoms. The normalized spacial score (nSPS) is 27.4. The van der Waals surface area contributed by atoms with Gasteiger partial charge in [0.25, 0.3) is 0 Å². The summed E-state index contributed by atoms with van der Waals surface area (Å²) in [6.45, 7) is 6.18. The van der Waals surface area contributed by atoms with E-state index < -0.39 is 0 Å². The standard InChI is InChI=1S/C12H24N2/c1-2-3-9-14(12-6-7-12)10-11-5-4-8-13-11/h11-13H,2-10H2,1H3/t11-/m1/s1. The van der Waals surface area contributed by atoms with E-state index in [0.717, 1.165) is 12.1 Å². The zero-order chi connectivity index (χ0) is 9.80. The van der Waals surface area contributed by atoms with Crippen molar-refractivity contribution in [3.63, 3.8) is 0 Å². The maximum Gasteiger partial charge on any atom is 0.0195 e. The summed E-state index contributed by atoms with van der Waals surface area (Å²) in [7, 11) is 0. The van der Waals surface area contributed by atoms with E-state index in [9.17, 15) is 0 Å². The lowest BCUT2D eigenvalue weighted by Gasteiger charge is -2.25. The van der Waals surface area contributed by atoms with Crippen LogP contribution in [0.15, 0.2) is 0 Å².